The monoisotopic (exact) mass is 306 g/mol. The number of nitrogens with zero attached hydrogens (tertiary/aromatic N) is 1. The summed E-state index contributed by atoms with van der Waals surface area (Å²) in [6.07, 6.45) is 0.862. The van der Waals surface area contributed by atoms with Crippen molar-refractivity contribution in [1.82, 2.24) is 5.32 Å². The quantitative estimate of drug-likeness (QED) is 0.924. The molecule has 1 fully saturated rings. The molecule has 118 valence electrons. The lowest BCUT2D eigenvalue weighted by molar-refractivity contribution is -0.124. The molecule has 0 aliphatic carbocycles. The summed E-state index contributed by atoms with van der Waals surface area (Å²) in [6.45, 7) is 5.82. The third kappa shape index (κ3) is 1.89. The normalized spacial score (nSPS) is 25.1. The molecule has 0 radical (unpaired) electrons. The molecule has 2 aliphatic rings. The Bertz CT molecular complexity index is 753. The van der Waals surface area contributed by atoms with Gasteiger partial charge in [0.15, 0.2) is 0 Å². The van der Waals surface area contributed by atoms with Crippen LogP contribution < -0.4 is 10.2 Å². The van der Waals surface area contributed by atoms with Gasteiger partial charge in [0.05, 0.1) is 12.0 Å². The van der Waals surface area contributed by atoms with E-state index in [9.17, 15) is 4.79 Å². The van der Waals surface area contributed by atoms with Crippen molar-refractivity contribution < 1.29 is 4.79 Å². The maximum atomic E-state index is 13.5. The van der Waals surface area contributed by atoms with E-state index in [4.69, 9.17) is 0 Å². The van der Waals surface area contributed by atoms with Crippen molar-refractivity contribution in [2.75, 3.05) is 11.4 Å². The highest BCUT2D eigenvalue weighted by Gasteiger charge is 2.61. The van der Waals surface area contributed by atoms with E-state index in [1.54, 1.807) is 0 Å². The minimum absolute atomic E-state index is 0.231. The van der Waals surface area contributed by atoms with Gasteiger partial charge in [-0.25, -0.2) is 0 Å². The molecule has 1 N–H and O–H groups in total. The van der Waals surface area contributed by atoms with Gasteiger partial charge in [0.25, 0.3) is 0 Å². The van der Waals surface area contributed by atoms with Gasteiger partial charge in [-0.2, -0.15) is 0 Å². The second kappa shape index (κ2) is 4.93. The Morgan fingerprint density at radius 2 is 1.74 bits per heavy atom. The van der Waals surface area contributed by atoms with Gasteiger partial charge < -0.3 is 10.2 Å². The van der Waals surface area contributed by atoms with Crippen molar-refractivity contribution in [2.45, 2.75) is 37.8 Å². The zero-order valence-corrected chi connectivity index (χ0v) is 13.7. The zero-order valence-electron chi connectivity index (χ0n) is 13.7. The number of fused-ring (bicyclic) bond motifs is 2. The fourth-order valence-electron chi connectivity index (χ4n) is 4.32. The van der Waals surface area contributed by atoms with Crippen molar-refractivity contribution in [3.8, 4) is 0 Å². The molecule has 3 nitrogen and oxygen atoms in total. The lowest BCUT2D eigenvalue weighted by Gasteiger charge is -2.37. The second-order valence-corrected chi connectivity index (χ2v) is 7.10. The van der Waals surface area contributed by atoms with Gasteiger partial charge in [0, 0.05) is 11.2 Å². The van der Waals surface area contributed by atoms with E-state index >= 15 is 0 Å². The van der Waals surface area contributed by atoms with E-state index in [0.717, 1.165) is 24.2 Å². The van der Waals surface area contributed by atoms with Crippen LogP contribution in [0.4, 0.5) is 5.69 Å². The minimum Gasteiger partial charge on any atom is -0.310 e. The average Bonchev–Trinajstić information content (AvgIpc) is 3.00. The van der Waals surface area contributed by atoms with Crippen molar-refractivity contribution in [2.24, 2.45) is 0 Å². The maximum Gasteiger partial charge on any atom is 0.239 e. The zero-order chi connectivity index (χ0) is 16.1. The molecule has 1 saturated heterocycles. The highest BCUT2D eigenvalue weighted by Crippen LogP contribution is 2.52. The third-order valence-electron chi connectivity index (χ3n) is 5.58. The van der Waals surface area contributed by atoms with Crippen molar-refractivity contribution in [3.05, 3.63) is 65.7 Å². The van der Waals surface area contributed by atoms with Gasteiger partial charge >= 0.3 is 0 Å². The molecule has 1 amide bonds. The van der Waals surface area contributed by atoms with Gasteiger partial charge in [-0.1, -0.05) is 48.5 Å². The number of carbonyl (C=O) groups is 1. The van der Waals surface area contributed by atoms with Crippen LogP contribution in [-0.4, -0.2) is 18.0 Å². The molecule has 0 unspecified atom stereocenters. The first kappa shape index (κ1) is 14.5. The molecule has 0 saturated carbocycles. The van der Waals surface area contributed by atoms with Crippen LogP contribution in [-0.2, 0) is 16.8 Å². The summed E-state index contributed by atoms with van der Waals surface area (Å²) in [5.74, 6) is 0.234. The molecule has 1 atom stereocenters. The standard InChI is InChI=1S/C20H22N2O/c1-19(2)20(12-13-21-19)16-10-6-7-11-17(16)22(18(20)23)14-15-8-4-3-5-9-15/h3-11,21H,12-14H2,1-2H3/t20-/m1/s1. The van der Waals surface area contributed by atoms with Crippen LogP contribution in [0.5, 0.6) is 0 Å². The molecule has 0 aromatic heterocycles. The first-order valence-corrected chi connectivity index (χ1v) is 8.27. The largest absolute Gasteiger partial charge is 0.310 e. The maximum absolute atomic E-state index is 13.5. The SMILES string of the molecule is CC1(C)NCC[C@@]12C(=O)N(Cc1ccccc1)c1ccccc12. The lowest BCUT2D eigenvalue weighted by Crippen LogP contribution is -2.55. The van der Waals surface area contributed by atoms with Gasteiger partial charge in [-0.3, -0.25) is 4.79 Å². The first-order chi connectivity index (χ1) is 11.1. The van der Waals surface area contributed by atoms with Crippen molar-refractivity contribution in [1.29, 1.82) is 0 Å². The number of hydrogen-bond donors (Lipinski definition) is 1. The van der Waals surface area contributed by atoms with E-state index in [1.165, 1.54) is 5.56 Å². The Morgan fingerprint density at radius 3 is 2.43 bits per heavy atom. The van der Waals surface area contributed by atoms with E-state index in [0.29, 0.717) is 6.54 Å². The second-order valence-electron chi connectivity index (χ2n) is 7.10. The summed E-state index contributed by atoms with van der Waals surface area (Å²) in [6, 6.07) is 18.5. The molecule has 0 bridgehead atoms. The van der Waals surface area contributed by atoms with E-state index < -0.39 is 5.41 Å². The fourth-order valence-corrected chi connectivity index (χ4v) is 4.32. The summed E-state index contributed by atoms with van der Waals surface area (Å²) in [5, 5.41) is 3.54. The van der Waals surface area contributed by atoms with Crippen molar-refractivity contribution >= 4 is 11.6 Å². The Hall–Kier alpha value is -2.13. The molecule has 2 heterocycles. The van der Waals surface area contributed by atoms with Crippen LogP contribution in [0, 0.1) is 0 Å². The molecule has 2 aliphatic heterocycles. The number of hydrogen-bond acceptors (Lipinski definition) is 2. The summed E-state index contributed by atoms with van der Waals surface area (Å²) >= 11 is 0. The fraction of sp³-hybridized carbons (Fsp3) is 0.350. The average molecular weight is 306 g/mol. The van der Waals surface area contributed by atoms with Crippen LogP contribution >= 0.6 is 0 Å². The lowest BCUT2D eigenvalue weighted by atomic mass is 9.68. The Labute approximate surface area is 137 Å². The molecular formula is C20H22N2O. The topological polar surface area (TPSA) is 32.3 Å². The molecule has 1 spiro atoms. The van der Waals surface area contributed by atoms with E-state index in [1.807, 2.05) is 35.2 Å². The molecule has 4 rings (SSSR count). The Kier molecular flexibility index (Phi) is 3.10. The predicted octanol–water partition coefficient (Wildman–Crippen LogP) is 3.24. The van der Waals surface area contributed by atoms with Gasteiger partial charge in [0.2, 0.25) is 5.91 Å². The molecular weight excluding hydrogens is 284 g/mol. The van der Waals surface area contributed by atoms with Crippen LogP contribution in [0.3, 0.4) is 0 Å². The highest BCUT2D eigenvalue weighted by molar-refractivity contribution is 6.09. The number of para-hydroxylation sites is 1. The number of anilines is 1. The number of nitrogens with one attached hydrogen (secondary N) is 1. The number of benzene rings is 2. The third-order valence-corrected chi connectivity index (χ3v) is 5.58. The molecule has 2 aromatic carbocycles. The highest BCUT2D eigenvalue weighted by atomic mass is 16.2. The number of amides is 1. The van der Waals surface area contributed by atoms with Crippen molar-refractivity contribution in [3.63, 3.8) is 0 Å². The Balaban J connectivity index is 1.83. The van der Waals surface area contributed by atoms with Gasteiger partial charge in [0.1, 0.15) is 0 Å². The summed E-state index contributed by atoms with van der Waals surface area (Å²) in [5.41, 5.74) is 2.73. The number of rotatable bonds is 2. The summed E-state index contributed by atoms with van der Waals surface area (Å²) in [7, 11) is 0. The van der Waals surface area contributed by atoms with Gasteiger partial charge in [-0.05, 0) is 44.0 Å². The van der Waals surface area contributed by atoms with Crippen LogP contribution in [0.25, 0.3) is 0 Å². The molecule has 3 heteroatoms. The van der Waals surface area contributed by atoms with E-state index in [2.05, 4.69) is 43.4 Å². The van der Waals surface area contributed by atoms with Gasteiger partial charge in [-0.15, -0.1) is 0 Å². The van der Waals surface area contributed by atoms with E-state index in [-0.39, 0.29) is 11.4 Å². The Morgan fingerprint density at radius 1 is 1.04 bits per heavy atom. The summed E-state index contributed by atoms with van der Waals surface area (Å²) < 4.78 is 0. The number of carbonyl (C=O) groups excluding carboxylic acids is 1. The first-order valence-electron chi connectivity index (χ1n) is 8.27. The van der Waals surface area contributed by atoms with Crippen LogP contribution in [0.15, 0.2) is 54.6 Å². The molecule has 2 aromatic rings. The minimum atomic E-state index is -0.446. The smallest absolute Gasteiger partial charge is 0.239 e. The summed E-state index contributed by atoms with van der Waals surface area (Å²) in [4.78, 5) is 15.5. The molecule has 23 heavy (non-hydrogen) atoms. The van der Waals surface area contributed by atoms with Crippen LogP contribution in [0.2, 0.25) is 0 Å². The van der Waals surface area contributed by atoms with Crippen LogP contribution in [0.1, 0.15) is 31.4 Å². The predicted molar refractivity (Wildman–Crippen MR) is 92.5 cm³/mol.